The molecule has 0 bridgehead atoms. The Balaban J connectivity index is 1.49. The summed E-state index contributed by atoms with van der Waals surface area (Å²) >= 11 is 0. The molecule has 0 aliphatic carbocycles. The predicted molar refractivity (Wildman–Crippen MR) is 162 cm³/mol. The molecule has 0 fully saturated rings. The van der Waals surface area contributed by atoms with E-state index >= 15 is 0 Å². The molecule has 0 atom stereocenters. The van der Waals surface area contributed by atoms with E-state index in [1.807, 2.05) is 30.3 Å². The van der Waals surface area contributed by atoms with Crippen LogP contribution in [0, 0.1) is 5.82 Å². The van der Waals surface area contributed by atoms with E-state index in [1.165, 1.54) is 12.1 Å². The van der Waals surface area contributed by atoms with Crippen LogP contribution in [-0.4, -0.2) is 49.6 Å². The number of fused-ring (bicyclic) bond motifs is 1. The number of nitrogens with two attached hydrogens (primary N) is 1. The zero-order valence-corrected chi connectivity index (χ0v) is 25.0. The quantitative estimate of drug-likeness (QED) is 0.0812. The summed E-state index contributed by atoms with van der Waals surface area (Å²) in [7, 11) is -1.74. The van der Waals surface area contributed by atoms with Gasteiger partial charge in [-0.15, -0.1) is 0 Å². The van der Waals surface area contributed by atoms with Crippen LogP contribution in [0.15, 0.2) is 72.9 Å². The van der Waals surface area contributed by atoms with E-state index in [4.69, 9.17) is 29.0 Å². The largest absolute Gasteiger partial charge is 0.493 e. The molecule has 3 aromatic carbocycles. The third-order valence-corrected chi connectivity index (χ3v) is 8.36. The van der Waals surface area contributed by atoms with Crippen molar-refractivity contribution in [3.8, 4) is 23.0 Å². The van der Waals surface area contributed by atoms with Crippen LogP contribution in [0.1, 0.15) is 25.8 Å². The lowest BCUT2D eigenvalue weighted by molar-refractivity contribution is 0.186. The zero-order chi connectivity index (χ0) is 30.0. The minimum atomic E-state index is -3.29. The van der Waals surface area contributed by atoms with Crippen molar-refractivity contribution in [3.05, 3.63) is 84.3 Å². The SMILES string of the molecule is CCOP(=O)(CN(CCCOc1cc2c(Oc3ccc(N)cc3F)ccnc2cc1OC)Cc1ccccc1)OCC. The second kappa shape index (κ2) is 15.0. The summed E-state index contributed by atoms with van der Waals surface area (Å²) < 4.78 is 56.4. The maximum absolute atomic E-state index is 14.4. The monoisotopic (exact) mass is 597 g/mol. The summed E-state index contributed by atoms with van der Waals surface area (Å²) in [5.74, 6) is 0.884. The Morgan fingerprint density at radius 2 is 1.69 bits per heavy atom. The van der Waals surface area contributed by atoms with Gasteiger partial charge in [0.05, 0.1) is 32.4 Å². The molecule has 0 saturated heterocycles. The van der Waals surface area contributed by atoms with Gasteiger partial charge in [-0.1, -0.05) is 30.3 Å². The molecule has 0 unspecified atom stereocenters. The molecule has 4 rings (SSSR count). The standard InChI is InChI=1S/C31H37FN3O6P/c1-4-39-42(36,40-5-2)22-35(21-23-10-7-6-8-11-23)16-9-17-38-31-19-25-27(20-30(31)37-3)34-15-14-28(25)41-29-13-12-24(33)18-26(29)32/h6-8,10-15,18-20H,4-5,9,16-17,21-22,33H2,1-3H3. The maximum atomic E-state index is 14.4. The number of nitrogens with zero attached hydrogens (tertiary/aromatic N) is 2. The number of aromatic nitrogens is 1. The highest BCUT2D eigenvalue weighted by molar-refractivity contribution is 7.53. The Morgan fingerprint density at radius 1 is 0.929 bits per heavy atom. The van der Waals surface area contributed by atoms with Gasteiger partial charge in [-0.3, -0.25) is 14.4 Å². The van der Waals surface area contributed by atoms with Crippen LogP contribution in [-0.2, 0) is 20.2 Å². The predicted octanol–water partition coefficient (Wildman–Crippen LogP) is 7.25. The van der Waals surface area contributed by atoms with Gasteiger partial charge in [0.1, 0.15) is 12.0 Å². The highest BCUT2D eigenvalue weighted by Crippen LogP contribution is 2.48. The summed E-state index contributed by atoms with van der Waals surface area (Å²) in [4.78, 5) is 6.46. The first kappa shape index (κ1) is 31.3. The molecule has 42 heavy (non-hydrogen) atoms. The Hall–Kier alpha value is -3.69. The van der Waals surface area contributed by atoms with Crippen molar-refractivity contribution < 1.29 is 32.2 Å². The van der Waals surface area contributed by atoms with Crippen molar-refractivity contribution in [2.75, 3.05) is 45.5 Å². The van der Waals surface area contributed by atoms with Gasteiger partial charge in [-0.2, -0.15) is 0 Å². The summed E-state index contributed by atoms with van der Waals surface area (Å²) in [5, 5.41) is 0.629. The van der Waals surface area contributed by atoms with Crippen molar-refractivity contribution in [1.82, 2.24) is 9.88 Å². The van der Waals surface area contributed by atoms with Crippen LogP contribution in [0.2, 0.25) is 0 Å². The van der Waals surface area contributed by atoms with Crippen LogP contribution in [0.3, 0.4) is 0 Å². The van der Waals surface area contributed by atoms with E-state index in [9.17, 15) is 8.96 Å². The number of hydrogen-bond donors (Lipinski definition) is 1. The highest BCUT2D eigenvalue weighted by atomic mass is 31.2. The first-order chi connectivity index (χ1) is 20.3. The highest BCUT2D eigenvalue weighted by Gasteiger charge is 2.27. The van der Waals surface area contributed by atoms with Crippen molar-refractivity contribution in [1.29, 1.82) is 0 Å². The number of hydrogen-bond acceptors (Lipinski definition) is 9. The number of methoxy groups -OCH3 is 1. The molecule has 11 heteroatoms. The van der Waals surface area contributed by atoms with Crippen LogP contribution < -0.4 is 19.9 Å². The van der Waals surface area contributed by atoms with Gasteiger partial charge in [-0.25, -0.2) is 4.39 Å². The van der Waals surface area contributed by atoms with Gasteiger partial charge in [0, 0.05) is 42.5 Å². The number of pyridine rings is 1. The third-order valence-electron chi connectivity index (χ3n) is 6.31. The fourth-order valence-corrected chi connectivity index (χ4v) is 6.23. The Morgan fingerprint density at radius 3 is 2.38 bits per heavy atom. The van der Waals surface area contributed by atoms with Crippen molar-refractivity contribution in [2.24, 2.45) is 0 Å². The number of rotatable bonds is 16. The molecular weight excluding hydrogens is 560 g/mol. The lowest BCUT2D eigenvalue weighted by Gasteiger charge is -2.27. The van der Waals surface area contributed by atoms with Crippen LogP contribution in [0.5, 0.6) is 23.0 Å². The van der Waals surface area contributed by atoms with Crippen LogP contribution >= 0.6 is 7.60 Å². The molecule has 9 nitrogen and oxygen atoms in total. The average molecular weight is 598 g/mol. The van der Waals surface area contributed by atoms with E-state index in [-0.39, 0.29) is 12.0 Å². The average Bonchev–Trinajstić information content (AvgIpc) is 2.97. The molecule has 0 spiro atoms. The first-order valence-electron chi connectivity index (χ1n) is 13.8. The minimum Gasteiger partial charge on any atom is -0.493 e. The summed E-state index contributed by atoms with van der Waals surface area (Å²) in [6, 6.07) is 19.4. The smallest absolute Gasteiger partial charge is 0.344 e. The van der Waals surface area contributed by atoms with Crippen molar-refractivity contribution in [2.45, 2.75) is 26.8 Å². The fraction of sp³-hybridized carbons (Fsp3) is 0.323. The number of halogens is 1. The van der Waals surface area contributed by atoms with Gasteiger partial charge in [0.15, 0.2) is 23.1 Å². The zero-order valence-electron chi connectivity index (χ0n) is 24.1. The molecule has 0 saturated carbocycles. The molecule has 0 aliphatic rings. The Kier molecular flexibility index (Phi) is 11.1. The minimum absolute atomic E-state index is 0.0462. The van der Waals surface area contributed by atoms with E-state index in [2.05, 4.69) is 9.88 Å². The number of benzene rings is 3. The second-order valence-corrected chi connectivity index (χ2v) is 11.5. The molecule has 0 aliphatic heterocycles. The molecule has 224 valence electrons. The summed E-state index contributed by atoms with van der Waals surface area (Å²) in [6.45, 7) is 5.72. The van der Waals surface area contributed by atoms with Crippen LogP contribution in [0.4, 0.5) is 10.1 Å². The van der Waals surface area contributed by atoms with Crippen molar-refractivity contribution >= 4 is 24.2 Å². The van der Waals surface area contributed by atoms with Gasteiger partial charge in [-0.05, 0) is 50.1 Å². The van der Waals surface area contributed by atoms with E-state index in [0.29, 0.717) is 73.2 Å². The molecular formula is C31H37FN3O6P. The first-order valence-corrected chi connectivity index (χ1v) is 15.5. The van der Waals surface area contributed by atoms with Crippen LogP contribution in [0.25, 0.3) is 10.9 Å². The Labute approximate surface area is 245 Å². The Bertz CT molecular complexity index is 1500. The molecule has 1 aromatic heterocycles. The topological polar surface area (TPSA) is 105 Å². The van der Waals surface area contributed by atoms with Gasteiger partial charge >= 0.3 is 7.60 Å². The summed E-state index contributed by atoms with van der Waals surface area (Å²) in [5.41, 5.74) is 7.67. The molecule has 1 heterocycles. The van der Waals surface area contributed by atoms with E-state index in [0.717, 1.165) is 5.56 Å². The van der Waals surface area contributed by atoms with E-state index < -0.39 is 13.4 Å². The maximum Gasteiger partial charge on any atom is 0.344 e. The lowest BCUT2D eigenvalue weighted by atomic mass is 10.1. The van der Waals surface area contributed by atoms with Crippen molar-refractivity contribution in [3.63, 3.8) is 0 Å². The fourth-order valence-electron chi connectivity index (χ4n) is 4.48. The van der Waals surface area contributed by atoms with Gasteiger partial charge in [0.25, 0.3) is 0 Å². The molecule has 2 N–H and O–H groups in total. The molecule has 4 aromatic rings. The second-order valence-electron chi connectivity index (χ2n) is 9.45. The number of nitrogen functional groups attached to an aromatic ring is 1. The van der Waals surface area contributed by atoms with E-state index in [1.54, 1.807) is 51.4 Å². The lowest BCUT2D eigenvalue weighted by Crippen LogP contribution is -2.28. The number of ether oxygens (including phenoxy) is 3. The van der Waals surface area contributed by atoms with Gasteiger partial charge in [0.2, 0.25) is 0 Å². The third kappa shape index (κ3) is 8.42. The normalized spacial score (nSPS) is 11.6. The number of anilines is 1. The van der Waals surface area contributed by atoms with Gasteiger partial charge < -0.3 is 29.0 Å². The summed E-state index contributed by atoms with van der Waals surface area (Å²) in [6.07, 6.45) is 2.37. The molecule has 0 amide bonds. The molecule has 0 radical (unpaired) electrons.